The second-order valence-electron chi connectivity index (χ2n) is 9.77. The van der Waals surface area contributed by atoms with Crippen LogP contribution < -0.4 is 4.74 Å². The number of aliphatic hydroxyl groups is 1. The molecule has 1 heterocycles. The van der Waals surface area contributed by atoms with Crippen molar-refractivity contribution in [1.29, 1.82) is 0 Å². The maximum Gasteiger partial charge on any atom is 0.470 e. The van der Waals surface area contributed by atoms with Crippen molar-refractivity contribution in [3.63, 3.8) is 0 Å². The van der Waals surface area contributed by atoms with Gasteiger partial charge < -0.3 is 33.8 Å². The third kappa shape index (κ3) is 7.78. The first-order valence-electron chi connectivity index (χ1n) is 13.6. The minimum absolute atomic E-state index is 0.108. The molecule has 4 aromatic carbocycles. The zero-order valence-electron chi connectivity index (χ0n) is 23.1. The minimum atomic E-state index is -5.24. The normalized spacial score (nSPS) is 21.7. The number of benzene rings is 4. The van der Waals surface area contributed by atoms with Gasteiger partial charge in [0.05, 0.1) is 17.7 Å². The molecule has 1 fully saturated rings. The van der Waals surface area contributed by atoms with Gasteiger partial charge in [0, 0.05) is 0 Å². The van der Waals surface area contributed by atoms with Crippen LogP contribution in [0.5, 0.6) is 5.75 Å². The first-order chi connectivity index (χ1) is 21.2. The van der Waals surface area contributed by atoms with Gasteiger partial charge in [-0.15, -0.1) is 0 Å². The second-order valence-corrected chi connectivity index (χ2v) is 11.0. The average Bonchev–Trinajstić information content (AvgIpc) is 3.04. The van der Waals surface area contributed by atoms with E-state index in [2.05, 4.69) is 0 Å². The van der Waals surface area contributed by atoms with Gasteiger partial charge >= 0.3 is 19.8 Å². The third-order valence-electron chi connectivity index (χ3n) is 6.75. The molecule has 0 saturated carbocycles. The summed E-state index contributed by atoms with van der Waals surface area (Å²) in [6.45, 7) is -0.809. The van der Waals surface area contributed by atoms with Crippen molar-refractivity contribution in [2.24, 2.45) is 0 Å². The number of phosphoric acid groups is 1. The molecule has 11 nitrogen and oxygen atoms in total. The number of hydrogen-bond donors (Lipinski definition) is 3. The molecule has 3 N–H and O–H groups in total. The molecular formula is C32H29O11P. The molecule has 1 saturated heterocycles. The van der Waals surface area contributed by atoms with Crippen LogP contribution in [0.1, 0.15) is 20.7 Å². The lowest BCUT2D eigenvalue weighted by Crippen LogP contribution is -2.63. The average molecular weight is 621 g/mol. The highest BCUT2D eigenvalue weighted by molar-refractivity contribution is 7.46. The van der Waals surface area contributed by atoms with E-state index >= 15 is 0 Å². The molecule has 0 spiro atoms. The zero-order chi connectivity index (χ0) is 31.1. The van der Waals surface area contributed by atoms with Gasteiger partial charge in [0.1, 0.15) is 18.0 Å². The van der Waals surface area contributed by atoms with Gasteiger partial charge in [-0.25, -0.2) is 14.2 Å². The number of carbonyl (C=O) groups is 2. The molecule has 0 aliphatic carbocycles. The smallest absolute Gasteiger partial charge is 0.461 e. The Kier molecular flexibility index (Phi) is 9.86. The quantitative estimate of drug-likeness (QED) is 0.171. The number of phosphoric ester groups is 1. The SMILES string of the molecule is O=C(OC1C(Oc2ccc(-c3ccccc3)cc2)OC(CO)C(OP(=O)(O)O)C1OC(=O)c1ccccc1)c1ccccc1. The molecule has 228 valence electrons. The predicted molar refractivity (Wildman–Crippen MR) is 156 cm³/mol. The van der Waals surface area contributed by atoms with Crippen LogP contribution in [-0.2, 0) is 23.3 Å². The van der Waals surface area contributed by atoms with Crippen molar-refractivity contribution < 1.29 is 52.5 Å². The van der Waals surface area contributed by atoms with Crippen LogP contribution in [0.15, 0.2) is 115 Å². The van der Waals surface area contributed by atoms with Crippen LogP contribution in [0.2, 0.25) is 0 Å². The van der Waals surface area contributed by atoms with Crippen LogP contribution in [0, 0.1) is 0 Å². The van der Waals surface area contributed by atoms with E-state index in [-0.39, 0.29) is 16.9 Å². The van der Waals surface area contributed by atoms with Gasteiger partial charge in [-0.3, -0.25) is 4.52 Å². The Bertz CT molecular complexity index is 1580. The summed E-state index contributed by atoms with van der Waals surface area (Å²) >= 11 is 0. The van der Waals surface area contributed by atoms with E-state index in [0.29, 0.717) is 0 Å². The number of aliphatic hydroxyl groups excluding tert-OH is 1. The number of hydrogen-bond acceptors (Lipinski definition) is 9. The summed E-state index contributed by atoms with van der Waals surface area (Å²) in [7, 11) is -5.24. The number of ether oxygens (including phenoxy) is 4. The molecule has 5 rings (SSSR count). The monoisotopic (exact) mass is 620 g/mol. The largest absolute Gasteiger partial charge is 0.470 e. The Labute approximate surface area is 252 Å². The lowest BCUT2D eigenvalue weighted by Gasteiger charge is -2.44. The van der Waals surface area contributed by atoms with Crippen molar-refractivity contribution in [3.8, 4) is 16.9 Å². The molecule has 1 aliphatic rings. The Balaban J connectivity index is 1.51. The molecule has 0 bridgehead atoms. The Morgan fingerprint density at radius 1 is 0.659 bits per heavy atom. The van der Waals surface area contributed by atoms with Gasteiger partial charge in [-0.05, 0) is 47.5 Å². The zero-order valence-corrected chi connectivity index (χ0v) is 24.0. The van der Waals surface area contributed by atoms with E-state index < -0.39 is 57.1 Å². The Hall–Kier alpha value is -4.35. The lowest BCUT2D eigenvalue weighted by molar-refractivity contribution is -0.273. The summed E-state index contributed by atoms with van der Waals surface area (Å²) in [6, 6.07) is 32.2. The standard InChI is InChI=1S/C32H29O11P/c33-20-26-27(43-44(36,37)38)28(41-30(34)23-12-6-2-7-13-23)29(42-31(35)24-14-8-3-9-15-24)32(40-26)39-25-18-16-22(17-19-25)21-10-4-1-5-11-21/h1-19,26-29,32-33H,20H2,(H2,36,37,38). The van der Waals surface area contributed by atoms with Gasteiger partial charge in [-0.1, -0.05) is 78.9 Å². The van der Waals surface area contributed by atoms with Crippen LogP contribution >= 0.6 is 7.82 Å². The van der Waals surface area contributed by atoms with Crippen LogP contribution in [0.3, 0.4) is 0 Å². The molecule has 5 atom stereocenters. The van der Waals surface area contributed by atoms with E-state index in [9.17, 15) is 29.0 Å². The third-order valence-corrected chi connectivity index (χ3v) is 7.27. The summed E-state index contributed by atoms with van der Waals surface area (Å²) in [5, 5.41) is 10.2. The second kappa shape index (κ2) is 14.0. The maximum absolute atomic E-state index is 13.2. The summed E-state index contributed by atoms with van der Waals surface area (Å²) < 4.78 is 40.4. The van der Waals surface area contributed by atoms with Crippen LogP contribution in [0.25, 0.3) is 11.1 Å². The lowest BCUT2D eigenvalue weighted by atomic mass is 9.98. The minimum Gasteiger partial charge on any atom is -0.461 e. The van der Waals surface area contributed by atoms with E-state index in [1.54, 1.807) is 60.7 Å². The number of rotatable bonds is 10. The maximum atomic E-state index is 13.2. The number of carbonyl (C=O) groups excluding carboxylic acids is 2. The van der Waals surface area contributed by atoms with Crippen molar-refractivity contribution >= 4 is 19.8 Å². The highest BCUT2D eigenvalue weighted by Gasteiger charge is 2.54. The predicted octanol–water partition coefficient (Wildman–Crippen LogP) is 4.38. The topological polar surface area (TPSA) is 158 Å². The van der Waals surface area contributed by atoms with Crippen molar-refractivity contribution in [1.82, 2.24) is 0 Å². The molecule has 12 heteroatoms. The summed E-state index contributed by atoms with van der Waals surface area (Å²) in [5.41, 5.74) is 2.11. The highest BCUT2D eigenvalue weighted by Crippen LogP contribution is 2.43. The fourth-order valence-electron chi connectivity index (χ4n) is 4.69. The van der Waals surface area contributed by atoms with E-state index in [1.807, 2.05) is 30.3 Å². The van der Waals surface area contributed by atoms with Crippen molar-refractivity contribution in [2.75, 3.05) is 6.61 Å². The number of esters is 2. The van der Waals surface area contributed by atoms with Crippen LogP contribution in [0.4, 0.5) is 0 Å². The summed E-state index contributed by atoms with van der Waals surface area (Å²) in [4.78, 5) is 45.8. The fraction of sp³-hybridized carbons (Fsp3) is 0.188. The van der Waals surface area contributed by atoms with E-state index in [0.717, 1.165) is 11.1 Å². The van der Waals surface area contributed by atoms with Crippen molar-refractivity contribution in [2.45, 2.75) is 30.7 Å². The van der Waals surface area contributed by atoms with E-state index in [1.165, 1.54) is 24.3 Å². The van der Waals surface area contributed by atoms with Crippen molar-refractivity contribution in [3.05, 3.63) is 126 Å². The molecule has 0 amide bonds. The Morgan fingerprint density at radius 2 is 1.14 bits per heavy atom. The fourth-order valence-corrected chi connectivity index (χ4v) is 5.26. The van der Waals surface area contributed by atoms with Crippen LogP contribution in [-0.4, -0.2) is 64.1 Å². The molecule has 1 aliphatic heterocycles. The molecule has 5 unspecified atom stereocenters. The highest BCUT2D eigenvalue weighted by atomic mass is 31.2. The summed E-state index contributed by atoms with van der Waals surface area (Å²) in [5.74, 6) is -1.49. The molecule has 0 radical (unpaired) electrons. The molecular weight excluding hydrogens is 591 g/mol. The molecule has 44 heavy (non-hydrogen) atoms. The summed E-state index contributed by atoms with van der Waals surface area (Å²) in [6.07, 6.45) is -8.03. The Morgan fingerprint density at radius 3 is 1.64 bits per heavy atom. The first-order valence-corrected chi connectivity index (χ1v) is 15.1. The molecule has 4 aromatic rings. The van der Waals surface area contributed by atoms with Gasteiger partial charge in [0.25, 0.3) is 0 Å². The van der Waals surface area contributed by atoms with Gasteiger partial charge in [0.15, 0.2) is 6.10 Å². The van der Waals surface area contributed by atoms with Gasteiger partial charge in [-0.2, -0.15) is 0 Å². The van der Waals surface area contributed by atoms with E-state index in [4.69, 9.17) is 23.5 Å². The van der Waals surface area contributed by atoms with Gasteiger partial charge in [0.2, 0.25) is 12.4 Å². The first kappa shape index (κ1) is 31.1. The molecule has 0 aromatic heterocycles.